The summed E-state index contributed by atoms with van der Waals surface area (Å²) < 4.78 is 5.41. The second-order valence-corrected chi connectivity index (χ2v) is 4.56. The van der Waals surface area contributed by atoms with Crippen LogP contribution in [0.1, 0.15) is 34.0 Å². The highest BCUT2D eigenvalue weighted by Crippen LogP contribution is 2.34. The van der Waals surface area contributed by atoms with Crippen molar-refractivity contribution in [3.05, 3.63) is 34.4 Å². The molecule has 1 aromatic rings. The standard InChI is InChI=1S/C13H13NO3/c1-8-3-9(12(15)16)4-11-10(8)5-17-7-13(11,2)6-14/h3-4H,5,7H2,1-2H3,(H,15,16)/t13-/m0/s1. The predicted octanol–water partition coefficient (Wildman–Crippen LogP) is 2.00. The van der Waals surface area contributed by atoms with Crippen LogP contribution in [0.25, 0.3) is 0 Å². The Morgan fingerprint density at radius 1 is 1.59 bits per heavy atom. The molecule has 0 aliphatic carbocycles. The number of benzene rings is 1. The van der Waals surface area contributed by atoms with Gasteiger partial charge in [-0.1, -0.05) is 0 Å². The number of fused-ring (bicyclic) bond motifs is 1. The highest BCUT2D eigenvalue weighted by atomic mass is 16.5. The average Bonchev–Trinajstić information content (AvgIpc) is 2.30. The molecule has 4 heteroatoms. The zero-order valence-corrected chi connectivity index (χ0v) is 9.78. The van der Waals surface area contributed by atoms with Gasteiger partial charge in [-0.15, -0.1) is 0 Å². The van der Waals surface area contributed by atoms with E-state index in [1.165, 1.54) is 0 Å². The van der Waals surface area contributed by atoms with E-state index in [-0.39, 0.29) is 5.56 Å². The number of hydrogen-bond donors (Lipinski definition) is 1. The molecule has 0 spiro atoms. The van der Waals surface area contributed by atoms with Crippen LogP contribution < -0.4 is 0 Å². The summed E-state index contributed by atoms with van der Waals surface area (Å²) in [6.07, 6.45) is 0. The Hall–Kier alpha value is -1.86. The molecule has 0 radical (unpaired) electrons. The number of aromatic carboxylic acids is 1. The minimum atomic E-state index is -0.970. The van der Waals surface area contributed by atoms with E-state index in [1.54, 1.807) is 19.1 Å². The number of ether oxygens (including phenoxy) is 1. The first-order valence-corrected chi connectivity index (χ1v) is 5.34. The second kappa shape index (κ2) is 3.86. The van der Waals surface area contributed by atoms with Crippen molar-refractivity contribution < 1.29 is 14.6 Å². The largest absolute Gasteiger partial charge is 0.478 e. The fourth-order valence-corrected chi connectivity index (χ4v) is 2.15. The third kappa shape index (κ3) is 1.79. The molecule has 0 fully saturated rings. The van der Waals surface area contributed by atoms with Gasteiger partial charge in [0, 0.05) is 0 Å². The summed E-state index contributed by atoms with van der Waals surface area (Å²) in [6, 6.07) is 5.42. The van der Waals surface area contributed by atoms with Gasteiger partial charge in [0.05, 0.1) is 24.8 Å². The number of rotatable bonds is 1. The van der Waals surface area contributed by atoms with Crippen molar-refractivity contribution in [1.29, 1.82) is 5.26 Å². The quantitative estimate of drug-likeness (QED) is 0.802. The molecule has 0 unspecified atom stereocenters. The van der Waals surface area contributed by atoms with E-state index >= 15 is 0 Å². The fraction of sp³-hybridized carbons (Fsp3) is 0.385. The lowest BCUT2D eigenvalue weighted by molar-refractivity contribution is 0.0688. The van der Waals surface area contributed by atoms with Gasteiger partial charge in [0.1, 0.15) is 5.41 Å². The minimum Gasteiger partial charge on any atom is -0.478 e. The third-order valence-electron chi connectivity index (χ3n) is 3.20. The van der Waals surface area contributed by atoms with Gasteiger partial charge in [0.25, 0.3) is 0 Å². The summed E-state index contributed by atoms with van der Waals surface area (Å²) in [5, 5.41) is 18.3. The molecular weight excluding hydrogens is 218 g/mol. The summed E-state index contributed by atoms with van der Waals surface area (Å²) in [5.41, 5.74) is 2.05. The monoisotopic (exact) mass is 231 g/mol. The van der Waals surface area contributed by atoms with Crippen LogP contribution in [0, 0.1) is 18.3 Å². The van der Waals surface area contributed by atoms with Gasteiger partial charge in [-0.05, 0) is 42.7 Å². The lowest BCUT2D eigenvalue weighted by Crippen LogP contribution is -2.32. The molecule has 1 N–H and O–H groups in total. The zero-order valence-electron chi connectivity index (χ0n) is 9.78. The maximum Gasteiger partial charge on any atom is 0.335 e. The van der Waals surface area contributed by atoms with Crippen molar-refractivity contribution in [1.82, 2.24) is 0 Å². The minimum absolute atomic E-state index is 0.227. The average molecular weight is 231 g/mol. The molecule has 1 aliphatic rings. The molecule has 1 aliphatic heterocycles. The highest BCUT2D eigenvalue weighted by molar-refractivity contribution is 5.88. The van der Waals surface area contributed by atoms with E-state index in [9.17, 15) is 10.1 Å². The van der Waals surface area contributed by atoms with Crippen LogP contribution in [0.4, 0.5) is 0 Å². The summed E-state index contributed by atoms with van der Waals surface area (Å²) in [4.78, 5) is 11.0. The lowest BCUT2D eigenvalue weighted by Gasteiger charge is -2.31. The van der Waals surface area contributed by atoms with E-state index in [4.69, 9.17) is 9.84 Å². The molecule has 2 rings (SSSR count). The number of carbonyl (C=O) groups is 1. The van der Waals surface area contributed by atoms with Gasteiger partial charge >= 0.3 is 5.97 Å². The fourth-order valence-electron chi connectivity index (χ4n) is 2.15. The van der Waals surface area contributed by atoms with E-state index in [2.05, 4.69) is 6.07 Å². The van der Waals surface area contributed by atoms with Crippen molar-refractivity contribution >= 4 is 5.97 Å². The summed E-state index contributed by atoms with van der Waals surface area (Å²) in [7, 11) is 0. The molecule has 0 saturated heterocycles. The Morgan fingerprint density at radius 3 is 2.88 bits per heavy atom. The molecule has 1 atom stereocenters. The number of carboxylic acids is 1. The Bertz CT molecular complexity index is 530. The van der Waals surface area contributed by atoms with Crippen LogP contribution >= 0.6 is 0 Å². The Kier molecular flexibility index (Phi) is 2.64. The van der Waals surface area contributed by atoms with Crippen LogP contribution in [0.15, 0.2) is 12.1 Å². The van der Waals surface area contributed by atoms with Gasteiger partial charge in [0.2, 0.25) is 0 Å². The molecule has 1 aromatic carbocycles. The molecular formula is C13H13NO3. The second-order valence-electron chi connectivity index (χ2n) is 4.56. The summed E-state index contributed by atoms with van der Waals surface area (Å²) in [6.45, 7) is 4.37. The molecule has 0 aromatic heterocycles. The van der Waals surface area contributed by atoms with Crippen molar-refractivity contribution in [3.63, 3.8) is 0 Å². The normalized spacial score (nSPS) is 22.6. The van der Waals surface area contributed by atoms with E-state index < -0.39 is 11.4 Å². The van der Waals surface area contributed by atoms with Gasteiger partial charge < -0.3 is 9.84 Å². The molecule has 4 nitrogen and oxygen atoms in total. The number of aryl methyl sites for hydroxylation is 1. The molecule has 17 heavy (non-hydrogen) atoms. The molecule has 0 saturated carbocycles. The van der Waals surface area contributed by atoms with Gasteiger partial charge in [-0.2, -0.15) is 5.26 Å². The topological polar surface area (TPSA) is 70.3 Å². The summed E-state index contributed by atoms with van der Waals surface area (Å²) >= 11 is 0. The smallest absolute Gasteiger partial charge is 0.335 e. The molecule has 0 bridgehead atoms. The maximum absolute atomic E-state index is 11.0. The van der Waals surface area contributed by atoms with Crippen molar-refractivity contribution in [2.24, 2.45) is 0 Å². The van der Waals surface area contributed by atoms with E-state index in [1.807, 2.05) is 6.92 Å². The van der Waals surface area contributed by atoms with Crippen molar-refractivity contribution in [2.75, 3.05) is 6.61 Å². The Balaban J connectivity index is 2.68. The first-order valence-electron chi connectivity index (χ1n) is 5.34. The van der Waals surface area contributed by atoms with Gasteiger partial charge in [-0.25, -0.2) is 4.79 Å². The van der Waals surface area contributed by atoms with Gasteiger partial charge in [-0.3, -0.25) is 0 Å². The third-order valence-corrected chi connectivity index (χ3v) is 3.20. The molecule has 1 heterocycles. The predicted molar refractivity (Wildman–Crippen MR) is 60.8 cm³/mol. The van der Waals surface area contributed by atoms with Crippen molar-refractivity contribution in [2.45, 2.75) is 25.9 Å². The number of hydrogen-bond acceptors (Lipinski definition) is 3. The molecule has 88 valence electrons. The van der Waals surface area contributed by atoms with E-state index in [0.717, 1.165) is 16.7 Å². The first-order chi connectivity index (χ1) is 7.98. The number of nitriles is 1. The van der Waals surface area contributed by atoms with Crippen molar-refractivity contribution in [3.8, 4) is 6.07 Å². The Morgan fingerprint density at radius 2 is 2.29 bits per heavy atom. The SMILES string of the molecule is Cc1cc(C(=O)O)cc2c1COC[C@]2(C)C#N. The molecule has 0 amide bonds. The summed E-state index contributed by atoms with van der Waals surface area (Å²) in [5.74, 6) is -0.970. The van der Waals surface area contributed by atoms with Crippen LogP contribution in [0.3, 0.4) is 0 Å². The van der Waals surface area contributed by atoms with E-state index in [0.29, 0.717) is 13.2 Å². The van der Waals surface area contributed by atoms with Gasteiger partial charge in [0.15, 0.2) is 0 Å². The van der Waals surface area contributed by atoms with Crippen LogP contribution in [-0.2, 0) is 16.8 Å². The number of nitrogens with zero attached hydrogens (tertiary/aromatic N) is 1. The zero-order chi connectivity index (χ0) is 12.6. The van der Waals surface area contributed by atoms with Crippen LogP contribution in [0.5, 0.6) is 0 Å². The number of carboxylic acid groups (broad SMARTS) is 1. The van der Waals surface area contributed by atoms with Crippen LogP contribution in [0.2, 0.25) is 0 Å². The maximum atomic E-state index is 11.0. The first kappa shape index (κ1) is 11.6. The Labute approximate surface area is 99.4 Å². The van der Waals surface area contributed by atoms with Crippen LogP contribution in [-0.4, -0.2) is 17.7 Å². The highest BCUT2D eigenvalue weighted by Gasteiger charge is 2.34. The lowest BCUT2D eigenvalue weighted by atomic mass is 9.78.